The molecule has 0 spiro atoms. The fourth-order valence-electron chi connectivity index (χ4n) is 3.07. The van der Waals surface area contributed by atoms with E-state index in [4.69, 9.17) is 4.74 Å². The summed E-state index contributed by atoms with van der Waals surface area (Å²) in [6.07, 6.45) is 2.64. The number of para-hydroxylation sites is 1. The van der Waals surface area contributed by atoms with Gasteiger partial charge in [-0.1, -0.05) is 18.2 Å². The van der Waals surface area contributed by atoms with Gasteiger partial charge in [0, 0.05) is 31.5 Å². The van der Waals surface area contributed by atoms with Crippen molar-refractivity contribution in [1.82, 2.24) is 14.9 Å². The Morgan fingerprint density at radius 2 is 1.91 bits per heavy atom. The van der Waals surface area contributed by atoms with Gasteiger partial charge in [0.25, 0.3) is 5.91 Å². The van der Waals surface area contributed by atoms with E-state index >= 15 is 0 Å². The SMILES string of the molecule is O=C(c1ccnc(N2CCc3ccccc32)n1)N1CCOCC1. The molecule has 23 heavy (non-hydrogen) atoms. The van der Waals surface area contributed by atoms with Crippen LogP contribution in [0.2, 0.25) is 0 Å². The van der Waals surface area contributed by atoms with Gasteiger partial charge < -0.3 is 14.5 Å². The quantitative estimate of drug-likeness (QED) is 0.844. The minimum Gasteiger partial charge on any atom is -0.378 e. The number of aromatic nitrogens is 2. The Balaban J connectivity index is 1.61. The van der Waals surface area contributed by atoms with Crippen molar-refractivity contribution in [1.29, 1.82) is 0 Å². The van der Waals surface area contributed by atoms with E-state index in [9.17, 15) is 4.79 Å². The number of amides is 1. The molecule has 2 aliphatic heterocycles. The van der Waals surface area contributed by atoms with Gasteiger partial charge >= 0.3 is 0 Å². The molecular weight excluding hydrogens is 292 g/mol. The van der Waals surface area contributed by atoms with Crippen molar-refractivity contribution in [2.75, 3.05) is 37.7 Å². The third-order valence-corrected chi connectivity index (χ3v) is 4.29. The van der Waals surface area contributed by atoms with Crippen molar-refractivity contribution >= 4 is 17.5 Å². The van der Waals surface area contributed by atoms with Crippen LogP contribution >= 0.6 is 0 Å². The Hall–Kier alpha value is -2.47. The molecule has 0 radical (unpaired) electrons. The number of ether oxygens (including phenoxy) is 1. The molecule has 6 heteroatoms. The highest BCUT2D eigenvalue weighted by Gasteiger charge is 2.24. The number of nitrogens with zero attached hydrogens (tertiary/aromatic N) is 4. The van der Waals surface area contributed by atoms with E-state index in [2.05, 4.69) is 27.0 Å². The summed E-state index contributed by atoms with van der Waals surface area (Å²) in [6.45, 7) is 3.25. The summed E-state index contributed by atoms with van der Waals surface area (Å²) in [5.41, 5.74) is 2.87. The smallest absolute Gasteiger partial charge is 0.272 e. The van der Waals surface area contributed by atoms with Gasteiger partial charge in [0.1, 0.15) is 5.69 Å². The number of fused-ring (bicyclic) bond motifs is 1. The monoisotopic (exact) mass is 310 g/mol. The van der Waals surface area contributed by atoms with E-state index in [1.54, 1.807) is 17.2 Å². The summed E-state index contributed by atoms with van der Waals surface area (Å²) in [7, 11) is 0. The van der Waals surface area contributed by atoms with Crippen LogP contribution in [0.4, 0.5) is 11.6 Å². The average Bonchev–Trinajstić information content (AvgIpc) is 3.06. The van der Waals surface area contributed by atoms with Crippen LogP contribution in [0.15, 0.2) is 36.5 Å². The van der Waals surface area contributed by atoms with Gasteiger partial charge in [-0.25, -0.2) is 9.97 Å². The van der Waals surface area contributed by atoms with Crippen LogP contribution in [0.5, 0.6) is 0 Å². The molecule has 0 saturated carbocycles. The second kappa shape index (κ2) is 5.96. The highest BCUT2D eigenvalue weighted by molar-refractivity contribution is 5.92. The zero-order chi connectivity index (χ0) is 15.6. The Morgan fingerprint density at radius 3 is 2.78 bits per heavy atom. The average molecular weight is 310 g/mol. The van der Waals surface area contributed by atoms with Gasteiger partial charge in [0.2, 0.25) is 5.95 Å². The number of hydrogen-bond acceptors (Lipinski definition) is 5. The summed E-state index contributed by atoms with van der Waals surface area (Å²) in [4.78, 5) is 25.3. The molecule has 2 aliphatic rings. The van der Waals surface area contributed by atoms with Crippen molar-refractivity contribution in [2.45, 2.75) is 6.42 Å². The molecule has 4 rings (SSSR count). The summed E-state index contributed by atoms with van der Waals surface area (Å²) in [5.74, 6) is 0.540. The Labute approximate surface area is 134 Å². The third-order valence-electron chi connectivity index (χ3n) is 4.29. The minimum absolute atomic E-state index is 0.0515. The molecule has 0 N–H and O–H groups in total. The summed E-state index contributed by atoms with van der Waals surface area (Å²) in [6, 6.07) is 9.94. The maximum atomic E-state index is 12.6. The van der Waals surface area contributed by atoms with E-state index in [1.807, 2.05) is 12.1 Å². The van der Waals surface area contributed by atoms with Crippen molar-refractivity contribution in [3.8, 4) is 0 Å². The van der Waals surface area contributed by atoms with Gasteiger partial charge in [-0.3, -0.25) is 4.79 Å². The molecule has 1 aromatic carbocycles. The lowest BCUT2D eigenvalue weighted by Gasteiger charge is -2.26. The Kier molecular flexibility index (Phi) is 3.67. The molecular formula is C17H18N4O2. The van der Waals surface area contributed by atoms with Crippen LogP contribution in [-0.4, -0.2) is 53.6 Å². The first kappa shape index (κ1) is 14.1. The van der Waals surface area contributed by atoms with Crippen molar-refractivity contribution in [3.63, 3.8) is 0 Å². The van der Waals surface area contributed by atoms with E-state index < -0.39 is 0 Å². The Morgan fingerprint density at radius 1 is 1.09 bits per heavy atom. The maximum absolute atomic E-state index is 12.6. The molecule has 3 heterocycles. The van der Waals surface area contributed by atoms with Gasteiger partial charge in [-0.2, -0.15) is 0 Å². The largest absolute Gasteiger partial charge is 0.378 e. The van der Waals surface area contributed by atoms with Crippen molar-refractivity contribution in [3.05, 3.63) is 47.8 Å². The molecule has 1 fully saturated rings. The fraction of sp³-hybridized carbons (Fsp3) is 0.353. The number of carbonyl (C=O) groups is 1. The van der Waals surface area contributed by atoms with E-state index in [0.717, 1.165) is 18.7 Å². The molecule has 2 aromatic rings. The normalized spacial score (nSPS) is 17.2. The second-order valence-electron chi connectivity index (χ2n) is 5.68. The van der Waals surface area contributed by atoms with Crippen LogP contribution < -0.4 is 4.90 Å². The summed E-state index contributed by atoms with van der Waals surface area (Å²) < 4.78 is 5.29. The molecule has 1 saturated heterocycles. The number of benzene rings is 1. The van der Waals surface area contributed by atoms with E-state index in [1.165, 1.54) is 5.56 Å². The summed E-state index contributed by atoms with van der Waals surface area (Å²) in [5, 5.41) is 0. The number of rotatable bonds is 2. The lowest BCUT2D eigenvalue weighted by molar-refractivity contribution is 0.0299. The molecule has 6 nitrogen and oxygen atoms in total. The van der Waals surface area contributed by atoms with Gasteiger partial charge in [0.05, 0.1) is 13.2 Å². The van der Waals surface area contributed by atoms with Crippen LogP contribution in [0.1, 0.15) is 16.1 Å². The summed E-state index contributed by atoms with van der Waals surface area (Å²) >= 11 is 0. The predicted octanol–water partition coefficient (Wildman–Crippen LogP) is 1.64. The lowest BCUT2D eigenvalue weighted by Crippen LogP contribution is -2.41. The number of carbonyl (C=O) groups excluding carboxylic acids is 1. The van der Waals surface area contributed by atoms with Crippen LogP contribution in [0, 0.1) is 0 Å². The zero-order valence-electron chi connectivity index (χ0n) is 12.8. The zero-order valence-corrected chi connectivity index (χ0v) is 12.8. The molecule has 0 atom stereocenters. The third kappa shape index (κ3) is 2.66. The first-order valence-corrected chi connectivity index (χ1v) is 7.88. The Bertz CT molecular complexity index is 728. The highest BCUT2D eigenvalue weighted by atomic mass is 16.5. The molecule has 0 bridgehead atoms. The van der Waals surface area contributed by atoms with Crippen molar-refractivity contribution in [2.24, 2.45) is 0 Å². The van der Waals surface area contributed by atoms with E-state index in [-0.39, 0.29) is 5.91 Å². The highest BCUT2D eigenvalue weighted by Crippen LogP contribution is 2.32. The van der Waals surface area contributed by atoms with Crippen LogP contribution in [-0.2, 0) is 11.2 Å². The van der Waals surface area contributed by atoms with Gasteiger partial charge in [0.15, 0.2) is 0 Å². The molecule has 0 aliphatic carbocycles. The molecule has 1 aromatic heterocycles. The lowest BCUT2D eigenvalue weighted by atomic mass is 10.2. The minimum atomic E-state index is -0.0515. The van der Waals surface area contributed by atoms with Crippen molar-refractivity contribution < 1.29 is 9.53 Å². The number of morpholine rings is 1. The molecule has 1 amide bonds. The molecule has 118 valence electrons. The predicted molar refractivity (Wildman–Crippen MR) is 85.9 cm³/mol. The standard InChI is InChI=1S/C17H18N4O2/c22-16(20-9-11-23-12-10-20)14-5-7-18-17(19-14)21-8-6-13-3-1-2-4-15(13)21/h1-5,7H,6,8-12H2. The first-order valence-electron chi connectivity index (χ1n) is 7.88. The van der Waals surface area contributed by atoms with Gasteiger partial charge in [-0.05, 0) is 24.1 Å². The topological polar surface area (TPSA) is 58.6 Å². The van der Waals surface area contributed by atoms with Gasteiger partial charge in [-0.15, -0.1) is 0 Å². The molecule has 0 unspecified atom stereocenters. The van der Waals surface area contributed by atoms with E-state index in [0.29, 0.717) is 37.9 Å². The van der Waals surface area contributed by atoms with Crippen LogP contribution in [0.25, 0.3) is 0 Å². The number of hydrogen-bond donors (Lipinski definition) is 0. The maximum Gasteiger partial charge on any atom is 0.272 e. The fourth-order valence-corrected chi connectivity index (χ4v) is 3.07. The van der Waals surface area contributed by atoms with Crippen LogP contribution in [0.3, 0.4) is 0 Å². The second-order valence-corrected chi connectivity index (χ2v) is 5.68. The first-order chi connectivity index (χ1) is 11.3. The number of anilines is 2.